The predicted molar refractivity (Wildman–Crippen MR) is 39.3 cm³/mol. The van der Waals surface area contributed by atoms with E-state index in [-0.39, 0.29) is 4.60 Å². The molecule has 0 saturated heterocycles. The molecule has 11 heavy (non-hydrogen) atoms. The molecule has 0 spiro atoms. The first-order chi connectivity index (χ1) is 6.25. The molecule has 0 atom stereocenters. The van der Waals surface area contributed by atoms with Crippen molar-refractivity contribution in [2.75, 3.05) is 0 Å². The van der Waals surface area contributed by atoms with E-state index in [9.17, 15) is 8.78 Å². The van der Waals surface area contributed by atoms with Gasteiger partial charge in [0, 0.05) is 11.0 Å². The van der Waals surface area contributed by atoms with Gasteiger partial charge in [0.05, 0.1) is 12.4 Å². The minimum absolute atomic E-state index is 0.0684. The summed E-state index contributed by atoms with van der Waals surface area (Å²) in [6.45, 7) is -3.41. The van der Waals surface area contributed by atoms with Gasteiger partial charge in [0.25, 0.3) is 5.92 Å². The van der Waals surface area contributed by atoms with E-state index >= 15 is 0 Å². The third-order valence-electron chi connectivity index (χ3n) is 0.927. The summed E-state index contributed by atoms with van der Waals surface area (Å²) < 4.78 is 46.3. The maximum absolute atomic E-state index is 13.2. The lowest BCUT2D eigenvalue weighted by Crippen LogP contribution is -2.09. The summed E-state index contributed by atoms with van der Waals surface area (Å²) in [5, 5.41) is 0. The minimum Gasteiger partial charge on any atom is -0.260 e. The molecule has 0 amide bonds. The molecule has 1 heterocycles. The first kappa shape index (κ1) is 5.13. The molecule has 0 aliphatic rings. The molecule has 1 aromatic rings. The minimum atomic E-state index is -3.98. The zero-order valence-corrected chi connectivity index (χ0v) is 6.77. The number of alkyl halides is 2. The third-order valence-corrected chi connectivity index (χ3v) is 1.31. The van der Waals surface area contributed by atoms with Crippen LogP contribution in [-0.2, 0) is 5.92 Å². The summed E-state index contributed by atoms with van der Waals surface area (Å²) in [5.41, 5.74) is -0.869. The highest BCUT2D eigenvalue weighted by molar-refractivity contribution is 9.10. The van der Waals surface area contributed by atoms with Gasteiger partial charge in [-0.05, 0) is 15.9 Å². The molecule has 1 aromatic heterocycles. The Hall–Kier alpha value is -0.580. The number of hydrogen-bond donors (Lipinski definition) is 0. The largest absolute Gasteiger partial charge is 0.288 e. The van der Waals surface area contributed by atoms with Crippen LogP contribution in [0.3, 0.4) is 0 Å². The van der Waals surface area contributed by atoms with Gasteiger partial charge in [-0.25, -0.2) is 4.98 Å². The van der Waals surface area contributed by atoms with Crippen LogP contribution in [0.4, 0.5) is 8.78 Å². The van der Waals surface area contributed by atoms with Gasteiger partial charge in [0.1, 0.15) is 10.3 Å². The molecule has 0 saturated carbocycles. The fraction of sp³-hybridized carbons (Fsp3) is 0.333. The third kappa shape index (κ3) is 2.18. The van der Waals surface area contributed by atoms with Crippen molar-refractivity contribution in [1.29, 1.82) is 0 Å². The van der Waals surface area contributed by atoms with Crippen LogP contribution < -0.4 is 0 Å². The molecular formula is C6H5BrF2N2. The Bertz CT molecular complexity index is 342. The SMILES string of the molecule is [2H]C([2H])([2H])C(F)(F)c1cncc(Br)n1. The summed E-state index contributed by atoms with van der Waals surface area (Å²) in [6, 6.07) is 0. The number of aromatic nitrogens is 2. The van der Waals surface area contributed by atoms with Crippen molar-refractivity contribution >= 4 is 15.9 Å². The number of rotatable bonds is 1. The summed E-state index contributed by atoms with van der Waals surface area (Å²) >= 11 is 2.83. The molecule has 0 radical (unpaired) electrons. The van der Waals surface area contributed by atoms with Crippen LogP contribution in [0.25, 0.3) is 0 Å². The molecule has 60 valence electrons. The van der Waals surface area contributed by atoms with Crippen molar-refractivity contribution in [1.82, 2.24) is 9.97 Å². The Morgan fingerprint density at radius 1 is 1.64 bits per heavy atom. The highest BCUT2D eigenvalue weighted by atomic mass is 79.9. The first-order valence-electron chi connectivity index (χ1n) is 4.11. The van der Waals surface area contributed by atoms with Crippen LogP contribution >= 0.6 is 15.9 Å². The van der Waals surface area contributed by atoms with E-state index in [0.717, 1.165) is 6.20 Å². The number of hydrogen-bond acceptors (Lipinski definition) is 2. The Balaban J connectivity index is 3.16. The van der Waals surface area contributed by atoms with Crippen LogP contribution in [0.1, 0.15) is 16.7 Å². The van der Waals surface area contributed by atoms with Crippen molar-refractivity contribution in [3.63, 3.8) is 0 Å². The molecular weight excluding hydrogens is 218 g/mol. The molecule has 0 aliphatic carbocycles. The van der Waals surface area contributed by atoms with Crippen molar-refractivity contribution < 1.29 is 12.9 Å². The van der Waals surface area contributed by atoms with Crippen LogP contribution in [-0.4, -0.2) is 9.97 Å². The van der Waals surface area contributed by atoms with Crippen LogP contribution in [0.2, 0.25) is 0 Å². The maximum atomic E-state index is 13.2. The summed E-state index contributed by atoms with van der Waals surface area (Å²) in [6.07, 6.45) is 1.93. The molecule has 0 bridgehead atoms. The fourth-order valence-corrected chi connectivity index (χ4v) is 0.803. The van der Waals surface area contributed by atoms with Crippen molar-refractivity contribution in [2.45, 2.75) is 12.8 Å². The topological polar surface area (TPSA) is 25.8 Å². The number of nitrogens with zero attached hydrogens (tertiary/aromatic N) is 2. The van der Waals surface area contributed by atoms with Crippen molar-refractivity contribution in [3.8, 4) is 0 Å². The molecule has 5 heteroatoms. The zero-order valence-electron chi connectivity index (χ0n) is 8.18. The second-order valence-corrected chi connectivity index (χ2v) is 2.61. The monoisotopic (exact) mass is 225 g/mol. The highest BCUT2D eigenvalue weighted by Gasteiger charge is 2.26. The van der Waals surface area contributed by atoms with Gasteiger partial charge in [0.2, 0.25) is 0 Å². The van der Waals surface area contributed by atoms with Crippen LogP contribution in [0.5, 0.6) is 0 Å². The van der Waals surface area contributed by atoms with E-state index < -0.39 is 18.5 Å². The van der Waals surface area contributed by atoms with Gasteiger partial charge < -0.3 is 0 Å². The standard InChI is InChI=1S/C6H5BrF2N2/c1-6(8,9)4-2-10-3-5(7)11-4/h2-3H,1H3/i1D3. The van der Waals surface area contributed by atoms with E-state index in [4.69, 9.17) is 4.11 Å². The molecule has 0 unspecified atom stereocenters. The van der Waals surface area contributed by atoms with Crippen molar-refractivity contribution in [3.05, 3.63) is 22.7 Å². The Labute approximate surface area is 75.0 Å². The summed E-state index contributed by atoms with van der Waals surface area (Å²) in [7, 11) is 0. The lowest BCUT2D eigenvalue weighted by Gasteiger charge is -2.07. The van der Waals surface area contributed by atoms with Gasteiger partial charge in [-0.15, -0.1) is 0 Å². The smallest absolute Gasteiger partial charge is 0.260 e. The van der Waals surface area contributed by atoms with E-state index in [2.05, 4.69) is 25.9 Å². The summed E-state index contributed by atoms with van der Waals surface area (Å²) in [4.78, 5) is 6.78. The predicted octanol–water partition coefficient (Wildman–Crippen LogP) is 2.35. The average Bonchev–Trinajstić information content (AvgIpc) is 2.02. The van der Waals surface area contributed by atoms with Gasteiger partial charge in [-0.1, -0.05) is 0 Å². The van der Waals surface area contributed by atoms with Crippen molar-refractivity contribution in [2.24, 2.45) is 0 Å². The van der Waals surface area contributed by atoms with E-state index in [1.54, 1.807) is 0 Å². The maximum Gasteiger partial charge on any atom is 0.288 e. The lowest BCUT2D eigenvalue weighted by atomic mass is 10.3. The Morgan fingerprint density at radius 2 is 2.36 bits per heavy atom. The van der Waals surface area contributed by atoms with Gasteiger partial charge in [-0.3, -0.25) is 4.98 Å². The Kier molecular flexibility index (Phi) is 1.31. The molecule has 0 N–H and O–H groups in total. The van der Waals surface area contributed by atoms with E-state index in [0.29, 0.717) is 0 Å². The van der Waals surface area contributed by atoms with E-state index in [1.165, 1.54) is 6.20 Å². The van der Waals surface area contributed by atoms with Gasteiger partial charge >= 0.3 is 0 Å². The van der Waals surface area contributed by atoms with Crippen LogP contribution in [0.15, 0.2) is 17.0 Å². The van der Waals surface area contributed by atoms with E-state index in [1.807, 2.05) is 0 Å². The highest BCUT2D eigenvalue weighted by Crippen LogP contribution is 2.24. The van der Waals surface area contributed by atoms with Crippen LogP contribution in [0, 0.1) is 0 Å². The molecule has 0 aromatic carbocycles. The summed E-state index contributed by atoms with van der Waals surface area (Å²) in [5.74, 6) is -3.98. The quantitative estimate of drug-likeness (QED) is 0.734. The fourth-order valence-electron chi connectivity index (χ4n) is 0.493. The normalized spacial score (nSPS) is 16.8. The van der Waals surface area contributed by atoms with Gasteiger partial charge in [-0.2, -0.15) is 8.78 Å². The second kappa shape index (κ2) is 2.81. The Morgan fingerprint density at radius 3 is 2.91 bits per heavy atom. The molecule has 2 nitrogen and oxygen atoms in total. The molecule has 0 fully saturated rings. The molecule has 0 aliphatic heterocycles. The second-order valence-electron chi connectivity index (χ2n) is 1.80. The average molecular weight is 226 g/mol. The number of halogens is 3. The first-order valence-corrected chi connectivity index (χ1v) is 3.40. The lowest BCUT2D eigenvalue weighted by molar-refractivity contribution is 0.0122. The van der Waals surface area contributed by atoms with Gasteiger partial charge in [0.15, 0.2) is 0 Å². The molecule has 1 rings (SSSR count). The zero-order chi connectivity index (χ0) is 11.0.